The molecule has 1 N–H and O–H groups in total. The molecule has 2 aromatic rings. The van der Waals surface area contributed by atoms with Crippen LogP contribution in [0.2, 0.25) is 0 Å². The number of aryl methyl sites for hydroxylation is 1. The van der Waals surface area contributed by atoms with Crippen molar-refractivity contribution in [1.29, 1.82) is 0 Å². The summed E-state index contributed by atoms with van der Waals surface area (Å²) in [6, 6.07) is 8.31. The lowest BCUT2D eigenvalue weighted by atomic mass is 10.2. The van der Waals surface area contributed by atoms with Gasteiger partial charge < -0.3 is 14.6 Å². The molecule has 16 heavy (non-hydrogen) atoms. The highest BCUT2D eigenvalue weighted by Crippen LogP contribution is 2.38. The molecule has 0 fully saturated rings. The van der Waals surface area contributed by atoms with Gasteiger partial charge in [-0.3, -0.25) is 0 Å². The van der Waals surface area contributed by atoms with Crippen LogP contribution in [0.1, 0.15) is 11.3 Å². The van der Waals surface area contributed by atoms with Crippen molar-refractivity contribution in [2.75, 3.05) is 17.3 Å². The van der Waals surface area contributed by atoms with Crippen LogP contribution in [0.25, 0.3) is 0 Å². The third-order valence-corrected chi connectivity index (χ3v) is 3.16. The van der Waals surface area contributed by atoms with E-state index in [2.05, 4.69) is 35.5 Å². The summed E-state index contributed by atoms with van der Waals surface area (Å²) in [5, 5.41) is 3.44. The number of nitrogens with zero attached hydrogens (tertiary/aromatic N) is 1. The minimum Gasteiger partial charge on any atom is -0.467 e. The Labute approximate surface area is 94.7 Å². The van der Waals surface area contributed by atoms with Crippen LogP contribution in [0, 0.1) is 6.92 Å². The van der Waals surface area contributed by atoms with Crippen LogP contribution in [-0.2, 0) is 6.54 Å². The van der Waals surface area contributed by atoms with E-state index in [-0.39, 0.29) is 0 Å². The van der Waals surface area contributed by atoms with Gasteiger partial charge in [0.1, 0.15) is 12.0 Å². The number of benzene rings is 1. The molecule has 0 radical (unpaired) electrons. The molecule has 3 heteroatoms. The molecule has 0 saturated heterocycles. The number of nitrogens with one attached hydrogen (secondary N) is 1. The summed E-state index contributed by atoms with van der Waals surface area (Å²) < 4.78 is 5.48. The van der Waals surface area contributed by atoms with E-state index in [0.29, 0.717) is 0 Å². The Bertz CT molecular complexity index is 530. The molecule has 1 aliphatic heterocycles. The standard InChI is InChI=1S/C13H14N2O/c1-9-10-7-14-11-5-3-4-6-12(11)15(2)13(10)8-16-9/h3-6,8,14H,7H2,1-2H3. The monoisotopic (exact) mass is 214 g/mol. The molecule has 0 spiro atoms. The van der Waals surface area contributed by atoms with Crippen molar-refractivity contribution in [3.8, 4) is 0 Å². The van der Waals surface area contributed by atoms with Crippen molar-refractivity contribution in [3.63, 3.8) is 0 Å². The lowest BCUT2D eigenvalue weighted by Crippen LogP contribution is -2.08. The van der Waals surface area contributed by atoms with E-state index < -0.39 is 0 Å². The van der Waals surface area contributed by atoms with E-state index in [4.69, 9.17) is 4.42 Å². The van der Waals surface area contributed by atoms with Crippen LogP contribution in [0.5, 0.6) is 0 Å². The molecule has 3 rings (SSSR count). The van der Waals surface area contributed by atoms with E-state index in [1.165, 1.54) is 16.9 Å². The zero-order valence-electron chi connectivity index (χ0n) is 9.45. The average molecular weight is 214 g/mol. The maximum absolute atomic E-state index is 5.48. The van der Waals surface area contributed by atoms with Gasteiger partial charge in [0.2, 0.25) is 0 Å². The maximum atomic E-state index is 5.48. The van der Waals surface area contributed by atoms with Crippen molar-refractivity contribution < 1.29 is 4.42 Å². The zero-order chi connectivity index (χ0) is 11.1. The Morgan fingerprint density at radius 2 is 2.06 bits per heavy atom. The second kappa shape index (κ2) is 3.30. The van der Waals surface area contributed by atoms with Crippen molar-refractivity contribution in [2.24, 2.45) is 0 Å². The highest BCUT2D eigenvalue weighted by molar-refractivity contribution is 5.79. The predicted octanol–water partition coefficient (Wildman–Crippen LogP) is 3.28. The van der Waals surface area contributed by atoms with Gasteiger partial charge in [0, 0.05) is 19.2 Å². The number of furan rings is 1. The van der Waals surface area contributed by atoms with E-state index in [1.807, 2.05) is 19.3 Å². The van der Waals surface area contributed by atoms with E-state index >= 15 is 0 Å². The van der Waals surface area contributed by atoms with Gasteiger partial charge >= 0.3 is 0 Å². The molecule has 0 unspecified atom stereocenters. The fraction of sp³-hybridized carbons (Fsp3) is 0.231. The van der Waals surface area contributed by atoms with E-state index in [0.717, 1.165) is 18.0 Å². The van der Waals surface area contributed by atoms with Gasteiger partial charge in [-0.2, -0.15) is 0 Å². The normalized spacial score (nSPS) is 13.8. The Balaban J connectivity index is 2.18. The lowest BCUT2D eigenvalue weighted by molar-refractivity contribution is 0.530. The number of para-hydroxylation sites is 2. The second-order valence-electron chi connectivity index (χ2n) is 4.09. The molecule has 1 aliphatic rings. The van der Waals surface area contributed by atoms with Crippen molar-refractivity contribution in [1.82, 2.24) is 0 Å². The van der Waals surface area contributed by atoms with Gasteiger partial charge in [0.05, 0.1) is 17.1 Å². The summed E-state index contributed by atoms with van der Waals surface area (Å²) >= 11 is 0. The minimum atomic E-state index is 0.818. The number of rotatable bonds is 0. The van der Waals surface area contributed by atoms with Crippen LogP contribution in [0.15, 0.2) is 34.9 Å². The third-order valence-electron chi connectivity index (χ3n) is 3.16. The average Bonchev–Trinajstić information content (AvgIpc) is 2.60. The number of hydrogen-bond acceptors (Lipinski definition) is 3. The van der Waals surface area contributed by atoms with Crippen LogP contribution in [0.3, 0.4) is 0 Å². The number of anilines is 3. The SMILES string of the molecule is Cc1occ2c1CNc1ccccc1N2C. The first kappa shape index (κ1) is 9.33. The number of hydrogen-bond donors (Lipinski definition) is 1. The van der Waals surface area contributed by atoms with Crippen molar-refractivity contribution >= 4 is 17.1 Å². The van der Waals surface area contributed by atoms with Crippen LogP contribution in [0.4, 0.5) is 17.1 Å². The molecule has 1 aromatic carbocycles. The zero-order valence-corrected chi connectivity index (χ0v) is 9.45. The van der Waals surface area contributed by atoms with Gasteiger partial charge in [-0.05, 0) is 19.1 Å². The summed E-state index contributed by atoms with van der Waals surface area (Å²) in [7, 11) is 2.07. The molecule has 0 bridgehead atoms. The highest BCUT2D eigenvalue weighted by atomic mass is 16.3. The summed E-state index contributed by atoms with van der Waals surface area (Å²) in [4.78, 5) is 2.17. The molecule has 0 amide bonds. The predicted molar refractivity (Wildman–Crippen MR) is 65.3 cm³/mol. The Morgan fingerprint density at radius 3 is 2.94 bits per heavy atom. The van der Waals surface area contributed by atoms with Crippen molar-refractivity contribution in [3.05, 3.63) is 41.9 Å². The highest BCUT2D eigenvalue weighted by Gasteiger charge is 2.20. The molecule has 3 nitrogen and oxygen atoms in total. The topological polar surface area (TPSA) is 28.4 Å². The van der Waals surface area contributed by atoms with Gasteiger partial charge in [0.15, 0.2) is 0 Å². The van der Waals surface area contributed by atoms with Crippen LogP contribution in [-0.4, -0.2) is 7.05 Å². The molecule has 2 heterocycles. The fourth-order valence-corrected chi connectivity index (χ4v) is 2.19. The first-order chi connectivity index (χ1) is 7.77. The summed E-state index contributed by atoms with van der Waals surface area (Å²) in [6.07, 6.45) is 1.83. The van der Waals surface area contributed by atoms with E-state index in [9.17, 15) is 0 Å². The Morgan fingerprint density at radius 1 is 1.25 bits per heavy atom. The van der Waals surface area contributed by atoms with Gasteiger partial charge in [-0.1, -0.05) is 12.1 Å². The maximum Gasteiger partial charge on any atom is 0.115 e. The fourth-order valence-electron chi connectivity index (χ4n) is 2.19. The summed E-state index contributed by atoms with van der Waals surface area (Å²) in [5.41, 5.74) is 4.73. The Hall–Kier alpha value is -1.90. The first-order valence-corrected chi connectivity index (χ1v) is 5.41. The summed E-state index contributed by atoms with van der Waals surface area (Å²) in [5.74, 6) is 0.988. The quantitative estimate of drug-likeness (QED) is 0.729. The molecule has 82 valence electrons. The first-order valence-electron chi connectivity index (χ1n) is 5.41. The smallest absolute Gasteiger partial charge is 0.115 e. The molecular weight excluding hydrogens is 200 g/mol. The lowest BCUT2D eigenvalue weighted by Gasteiger charge is -2.18. The van der Waals surface area contributed by atoms with Gasteiger partial charge in [-0.25, -0.2) is 0 Å². The molecular formula is C13H14N2O. The van der Waals surface area contributed by atoms with Crippen LogP contribution < -0.4 is 10.2 Å². The second-order valence-corrected chi connectivity index (χ2v) is 4.09. The third kappa shape index (κ3) is 1.21. The Kier molecular flexibility index (Phi) is 1.93. The molecule has 0 atom stereocenters. The molecule has 0 aliphatic carbocycles. The van der Waals surface area contributed by atoms with Gasteiger partial charge in [-0.15, -0.1) is 0 Å². The van der Waals surface area contributed by atoms with E-state index in [1.54, 1.807) is 0 Å². The largest absolute Gasteiger partial charge is 0.467 e. The number of fused-ring (bicyclic) bond motifs is 2. The molecule has 0 saturated carbocycles. The van der Waals surface area contributed by atoms with Crippen molar-refractivity contribution in [2.45, 2.75) is 13.5 Å². The van der Waals surface area contributed by atoms with Gasteiger partial charge in [0.25, 0.3) is 0 Å². The summed E-state index contributed by atoms with van der Waals surface area (Å²) in [6.45, 7) is 2.82. The molecule has 1 aromatic heterocycles. The minimum absolute atomic E-state index is 0.818. The van der Waals surface area contributed by atoms with Crippen LogP contribution >= 0.6 is 0 Å².